The Morgan fingerprint density at radius 3 is 2.62 bits per heavy atom. The summed E-state index contributed by atoms with van der Waals surface area (Å²) in [5.41, 5.74) is 8.01. The van der Waals surface area contributed by atoms with Crippen molar-refractivity contribution in [2.75, 3.05) is 12.8 Å². The van der Waals surface area contributed by atoms with Crippen LogP contribution in [-0.4, -0.2) is 27.6 Å². The van der Waals surface area contributed by atoms with E-state index in [1.807, 2.05) is 19.1 Å². The maximum absolute atomic E-state index is 12.3. The zero-order valence-electron chi connectivity index (χ0n) is 12.1. The van der Waals surface area contributed by atoms with Crippen LogP contribution in [0.2, 0.25) is 0 Å². The molecule has 0 saturated heterocycles. The smallest absolute Gasteiger partial charge is 0.276 e. The second kappa shape index (κ2) is 6.09. The summed E-state index contributed by atoms with van der Waals surface area (Å²) in [7, 11) is 1.70. The van der Waals surface area contributed by atoms with Crippen molar-refractivity contribution in [3.63, 3.8) is 0 Å². The van der Waals surface area contributed by atoms with Crippen molar-refractivity contribution in [2.45, 2.75) is 20.0 Å². The van der Waals surface area contributed by atoms with Gasteiger partial charge in [0.1, 0.15) is 0 Å². The third-order valence-corrected chi connectivity index (χ3v) is 3.17. The van der Waals surface area contributed by atoms with Crippen LogP contribution >= 0.6 is 0 Å². The van der Waals surface area contributed by atoms with E-state index < -0.39 is 0 Å². The number of nitrogen functional groups attached to an aromatic ring is 1. The molecule has 6 nitrogen and oxygen atoms in total. The van der Waals surface area contributed by atoms with E-state index in [9.17, 15) is 4.79 Å². The number of carbonyl (C=O) groups excluding carboxylic acids is 1. The first-order chi connectivity index (χ1) is 10.0. The number of benzene rings is 1. The Labute approximate surface area is 123 Å². The van der Waals surface area contributed by atoms with E-state index in [1.54, 1.807) is 35.0 Å². The highest BCUT2D eigenvalue weighted by molar-refractivity contribution is 5.96. The Morgan fingerprint density at radius 2 is 2.10 bits per heavy atom. The molecule has 2 rings (SSSR count). The van der Waals surface area contributed by atoms with Crippen LogP contribution < -0.4 is 5.73 Å². The van der Waals surface area contributed by atoms with Crippen molar-refractivity contribution in [3.05, 3.63) is 47.3 Å². The highest BCUT2D eigenvalue weighted by Gasteiger charge is 2.18. The maximum Gasteiger partial charge on any atom is 0.276 e. The van der Waals surface area contributed by atoms with Gasteiger partial charge in [-0.3, -0.25) is 9.48 Å². The van der Waals surface area contributed by atoms with Crippen LogP contribution in [0.1, 0.15) is 28.5 Å². The summed E-state index contributed by atoms with van der Waals surface area (Å²) in [6, 6.07) is 9.18. The zero-order valence-corrected chi connectivity index (χ0v) is 12.1. The van der Waals surface area contributed by atoms with Gasteiger partial charge in [-0.25, -0.2) is 0 Å². The number of hydrogen-bond acceptors (Lipinski definition) is 4. The highest BCUT2D eigenvalue weighted by Crippen LogP contribution is 2.13. The maximum atomic E-state index is 12.3. The summed E-state index contributed by atoms with van der Waals surface area (Å²) in [5, 5.41) is 12.9. The Bertz CT molecular complexity index is 681. The van der Waals surface area contributed by atoms with Crippen LogP contribution in [0.5, 0.6) is 0 Å². The molecule has 2 aromatic rings. The first-order valence-corrected chi connectivity index (χ1v) is 6.62. The summed E-state index contributed by atoms with van der Waals surface area (Å²) in [6.45, 7) is 3.03. The van der Waals surface area contributed by atoms with E-state index >= 15 is 0 Å². The van der Waals surface area contributed by atoms with E-state index in [1.165, 1.54) is 0 Å². The second-order valence-electron chi connectivity index (χ2n) is 4.76. The number of aromatic nitrogens is 2. The molecule has 1 heterocycles. The van der Waals surface area contributed by atoms with Gasteiger partial charge < -0.3 is 10.6 Å². The average molecular weight is 283 g/mol. The van der Waals surface area contributed by atoms with Crippen LogP contribution in [-0.2, 0) is 13.1 Å². The lowest BCUT2D eigenvalue weighted by molar-refractivity contribution is 0.0779. The molecule has 0 bridgehead atoms. The molecule has 0 saturated carbocycles. The minimum absolute atomic E-state index is 0.218. The van der Waals surface area contributed by atoms with Gasteiger partial charge in [-0.15, -0.1) is 0 Å². The van der Waals surface area contributed by atoms with Crippen molar-refractivity contribution in [3.8, 4) is 6.07 Å². The number of nitriles is 1. The molecule has 108 valence electrons. The molecule has 0 aliphatic rings. The number of anilines is 1. The molecule has 0 spiro atoms. The molecule has 0 unspecified atom stereocenters. The molecule has 0 fully saturated rings. The number of hydrogen-bond donors (Lipinski definition) is 1. The SMILES string of the molecule is CCn1cc(N)c(C(=O)N(C)Cc2ccc(C#N)cc2)n1. The molecule has 1 amide bonds. The van der Waals surface area contributed by atoms with Crippen LogP contribution in [0, 0.1) is 11.3 Å². The van der Waals surface area contributed by atoms with E-state index in [0.29, 0.717) is 24.3 Å². The molecular weight excluding hydrogens is 266 g/mol. The van der Waals surface area contributed by atoms with Crippen molar-refractivity contribution in [1.82, 2.24) is 14.7 Å². The molecule has 0 radical (unpaired) electrons. The summed E-state index contributed by atoms with van der Waals surface area (Å²) >= 11 is 0. The number of amides is 1. The van der Waals surface area contributed by atoms with Gasteiger partial charge >= 0.3 is 0 Å². The van der Waals surface area contributed by atoms with Gasteiger partial charge in [0.15, 0.2) is 5.69 Å². The van der Waals surface area contributed by atoms with Gasteiger partial charge in [0.2, 0.25) is 0 Å². The summed E-state index contributed by atoms with van der Waals surface area (Å²) in [5.74, 6) is -0.218. The van der Waals surface area contributed by atoms with Crippen molar-refractivity contribution in [1.29, 1.82) is 5.26 Å². The van der Waals surface area contributed by atoms with Crippen LogP contribution in [0.15, 0.2) is 30.5 Å². The van der Waals surface area contributed by atoms with E-state index in [-0.39, 0.29) is 11.6 Å². The molecule has 1 aromatic carbocycles. The molecule has 2 N–H and O–H groups in total. The number of carbonyl (C=O) groups is 1. The molecule has 0 aliphatic heterocycles. The first-order valence-electron chi connectivity index (χ1n) is 6.62. The van der Waals surface area contributed by atoms with Gasteiger partial charge in [0.05, 0.1) is 17.3 Å². The Balaban J connectivity index is 2.11. The Hall–Kier alpha value is -2.81. The van der Waals surface area contributed by atoms with E-state index in [2.05, 4.69) is 11.2 Å². The monoisotopic (exact) mass is 283 g/mol. The van der Waals surface area contributed by atoms with Gasteiger partial charge in [0, 0.05) is 26.3 Å². The molecule has 1 aromatic heterocycles. The van der Waals surface area contributed by atoms with Crippen LogP contribution in [0.4, 0.5) is 5.69 Å². The van der Waals surface area contributed by atoms with Gasteiger partial charge in [0.25, 0.3) is 5.91 Å². The highest BCUT2D eigenvalue weighted by atomic mass is 16.2. The van der Waals surface area contributed by atoms with Gasteiger partial charge in [-0.05, 0) is 24.6 Å². The fourth-order valence-electron chi connectivity index (χ4n) is 1.98. The molecule has 6 heteroatoms. The molecule has 0 atom stereocenters. The molecule has 21 heavy (non-hydrogen) atoms. The number of nitrogens with two attached hydrogens (primary N) is 1. The van der Waals surface area contributed by atoms with Crippen LogP contribution in [0.25, 0.3) is 0 Å². The lowest BCUT2D eigenvalue weighted by atomic mass is 10.1. The zero-order chi connectivity index (χ0) is 15.4. The van der Waals surface area contributed by atoms with Crippen molar-refractivity contribution < 1.29 is 4.79 Å². The van der Waals surface area contributed by atoms with Crippen LogP contribution in [0.3, 0.4) is 0 Å². The quantitative estimate of drug-likeness (QED) is 0.923. The average Bonchev–Trinajstić information content (AvgIpc) is 2.88. The molecular formula is C15H17N5O. The molecule has 0 aliphatic carbocycles. The number of rotatable bonds is 4. The summed E-state index contributed by atoms with van der Waals surface area (Å²) in [6.07, 6.45) is 1.66. The van der Waals surface area contributed by atoms with Gasteiger partial charge in [-0.1, -0.05) is 12.1 Å². The van der Waals surface area contributed by atoms with Crippen molar-refractivity contribution >= 4 is 11.6 Å². The lowest BCUT2D eigenvalue weighted by Gasteiger charge is -2.16. The van der Waals surface area contributed by atoms with Gasteiger partial charge in [-0.2, -0.15) is 10.4 Å². The third-order valence-electron chi connectivity index (χ3n) is 3.17. The van der Waals surface area contributed by atoms with E-state index in [0.717, 1.165) is 5.56 Å². The first kappa shape index (κ1) is 14.6. The predicted octanol–water partition coefficient (Wildman–Crippen LogP) is 1.63. The van der Waals surface area contributed by atoms with E-state index in [4.69, 9.17) is 11.0 Å². The minimum Gasteiger partial charge on any atom is -0.396 e. The standard InChI is InChI=1S/C15H17N5O/c1-3-20-10-13(17)14(18-20)15(21)19(2)9-12-6-4-11(8-16)5-7-12/h4-7,10H,3,9,17H2,1-2H3. The topological polar surface area (TPSA) is 87.9 Å². The predicted molar refractivity (Wildman–Crippen MR) is 79.3 cm³/mol. The number of aryl methyl sites for hydroxylation is 1. The lowest BCUT2D eigenvalue weighted by Crippen LogP contribution is -2.27. The second-order valence-corrected chi connectivity index (χ2v) is 4.76. The Kier molecular flexibility index (Phi) is 4.24. The fourth-order valence-corrected chi connectivity index (χ4v) is 1.98. The Morgan fingerprint density at radius 1 is 1.43 bits per heavy atom. The number of nitrogens with zero attached hydrogens (tertiary/aromatic N) is 4. The minimum atomic E-state index is -0.218. The summed E-state index contributed by atoms with van der Waals surface area (Å²) < 4.78 is 1.64. The fraction of sp³-hybridized carbons (Fsp3) is 0.267. The normalized spacial score (nSPS) is 10.1. The largest absolute Gasteiger partial charge is 0.396 e. The summed E-state index contributed by atoms with van der Waals surface area (Å²) in [4.78, 5) is 13.9. The van der Waals surface area contributed by atoms with Crippen molar-refractivity contribution in [2.24, 2.45) is 0 Å². The third kappa shape index (κ3) is 3.20.